The number of carbonyl (C=O) groups is 1. The Bertz CT molecular complexity index is 797. The van der Waals surface area contributed by atoms with E-state index in [9.17, 15) is 4.79 Å². The fourth-order valence-corrected chi connectivity index (χ4v) is 3.25. The van der Waals surface area contributed by atoms with E-state index in [-0.39, 0.29) is 5.02 Å². The van der Waals surface area contributed by atoms with Crippen molar-refractivity contribution < 1.29 is 14.3 Å². The molecule has 0 aromatic heterocycles. The molecule has 24 heavy (non-hydrogen) atoms. The summed E-state index contributed by atoms with van der Waals surface area (Å²) in [5.74, 6) is 0.799. The van der Waals surface area contributed by atoms with Gasteiger partial charge in [-0.15, -0.1) is 0 Å². The van der Waals surface area contributed by atoms with Gasteiger partial charge in [-0.3, -0.25) is 4.79 Å². The van der Waals surface area contributed by atoms with Crippen LogP contribution < -0.4 is 14.9 Å². The summed E-state index contributed by atoms with van der Waals surface area (Å²) in [4.78, 5) is 12.1. The lowest BCUT2D eigenvalue weighted by Gasteiger charge is -2.10. The van der Waals surface area contributed by atoms with Crippen LogP contribution in [0.4, 0.5) is 0 Å². The number of amides is 1. The topological polar surface area (TPSA) is 59.9 Å². The molecule has 0 bridgehead atoms. The highest BCUT2D eigenvalue weighted by molar-refractivity contribution is 14.1. The average molecular weight is 479 g/mol. The number of hydrogen-bond donors (Lipinski definition) is 1. The van der Waals surface area contributed by atoms with E-state index in [0.29, 0.717) is 22.1 Å². The van der Waals surface area contributed by atoms with Crippen LogP contribution in [-0.4, -0.2) is 26.3 Å². The lowest BCUT2D eigenvalue weighted by Crippen LogP contribution is -2.18. The SMILES string of the molecule is COc1cc(/C=N\NC(=O)c2ccc(Cl)cc2Cl)cc(I)c1OC. The van der Waals surface area contributed by atoms with Crippen LogP contribution in [-0.2, 0) is 0 Å². The van der Waals surface area contributed by atoms with E-state index in [0.717, 1.165) is 9.13 Å². The minimum atomic E-state index is -0.428. The lowest BCUT2D eigenvalue weighted by molar-refractivity contribution is 0.0955. The number of nitrogens with zero attached hydrogens (tertiary/aromatic N) is 1. The largest absolute Gasteiger partial charge is 0.493 e. The molecule has 0 atom stereocenters. The molecule has 0 aliphatic rings. The van der Waals surface area contributed by atoms with Gasteiger partial charge in [-0.25, -0.2) is 5.43 Å². The molecule has 0 heterocycles. The maximum Gasteiger partial charge on any atom is 0.272 e. The fourth-order valence-electron chi connectivity index (χ4n) is 1.91. The minimum absolute atomic E-state index is 0.260. The third-order valence-corrected chi connectivity index (χ3v) is 4.36. The molecule has 0 radical (unpaired) electrons. The highest BCUT2D eigenvalue weighted by Gasteiger charge is 2.11. The van der Waals surface area contributed by atoms with Crippen LogP contribution in [0, 0.1) is 3.57 Å². The number of halogens is 3. The second-order valence-corrected chi connectivity index (χ2v) is 6.57. The van der Waals surface area contributed by atoms with Gasteiger partial charge in [0.15, 0.2) is 11.5 Å². The first-order chi connectivity index (χ1) is 11.5. The first kappa shape index (κ1) is 18.8. The normalized spacial score (nSPS) is 10.7. The van der Waals surface area contributed by atoms with Gasteiger partial charge in [-0.1, -0.05) is 23.2 Å². The van der Waals surface area contributed by atoms with E-state index in [1.54, 1.807) is 26.4 Å². The van der Waals surface area contributed by atoms with Gasteiger partial charge in [-0.05, 0) is 58.5 Å². The predicted molar refractivity (Wildman–Crippen MR) is 104 cm³/mol. The van der Waals surface area contributed by atoms with Crippen molar-refractivity contribution in [1.82, 2.24) is 5.43 Å². The second kappa shape index (κ2) is 8.55. The third kappa shape index (κ3) is 4.52. The number of hydrogen-bond acceptors (Lipinski definition) is 4. The Balaban J connectivity index is 2.14. The lowest BCUT2D eigenvalue weighted by atomic mass is 10.2. The number of hydrazone groups is 1. The molecular weight excluding hydrogens is 466 g/mol. The van der Waals surface area contributed by atoms with E-state index < -0.39 is 5.91 Å². The summed E-state index contributed by atoms with van der Waals surface area (Å²) in [5, 5.41) is 4.66. The zero-order valence-corrected chi connectivity index (χ0v) is 16.4. The van der Waals surface area contributed by atoms with E-state index in [2.05, 4.69) is 33.1 Å². The van der Waals surface area contributed by atoms with Crippen molar-refractivity contribution in [3.63, 3.8) is 0 Å². The van der Waals surface area contributed by atoms with Crippen LogP contribution in [0.3, 0.4) is 0 Å². The molecule has 0 fully saturated rings. The average Bonchev–Trinajstić information content (AvgIpc) is 2.54. The summed E-state index contributed by atoms with van der Waals surface area (Å²) in [5.41, 5.74) is 3.46. The summed E-state index contributed by atoms with van der Waals surface area (Å²) >= 11 is 13.9. The zero-order chi connectivity index (χ0) is 17.7. The fraction of sp³-hybridized carbons (Fsp3) is 0.125. The smallest absolute Gasteiger partial charge is 0.272 e. The quantitative estimate of drug-likeness (QED) is 0.394. The van der Waals surface area contributed by atoms with E-state index in [1.807, 2.05) is 6.07 Å². The van der Waals surface area contributed by atoms with Crippen molar-refractivity contribution in [3.05, 3.63) is 55.1 Å². The number of benzene rings is 2. The van der Waals surface area contributed by atoms with Crippen molar-refractivity contribution in [2.75, 3.05) is 14.2 Å². The molecule has 1 amide bonds. The van der Waals surface area contributed by atoms with Crippen LogP contribution in [0.1, 0.15) is 15.9 Å². The molecule has 8 heteroatoms. The number of ether oxygens (including phenoxy) is 2. The van der Waals surface area contributed by atoms with Crippen molar-refractivity contribution >= 4 is 57.9 Å². The second-order valence-electron chi connectivity index (χ2n) is 4.56. The van der Waals surface area contributed by atoms with Crippen LogP contribution in [0.2, 0.25) is 10.0 Å². The summed E-state index contributed by atoms with van der Waals surface area (Å²) in [6.07, 6.45) is 1.51. The number of nitrogens with one attached hydrogen (secondary N) is 1. The number of methoxy groups -OCH3 is 2. The first-order valence-electron chi connectivity index (χ1n) is 6.66. The van der Waals surface area contributed by atoms with Gasteiger partial charge in [0.05, 0.1) is 34.6 Å². The van der Waals surface area contributed by atoms with Gasteiger partial charge in [0, 0.05) is 5.02 Å². The van der Waals surface area contributed by atoms with Crippen LogP contribution in [0.25, 0.3) is 0 Å². The minimum Gasteiger partial charge on any atom is -0.493 e. The van der Waals surface area contributed by atoms with Crippen LogP contribution in [0.15, 0.2) is 35.4 Å². The molecule has 0 aliphatic heterocycles. The molecular formula is C16H13Cl2IN2O3. The van der Waals surface area contributed by atoms with Gasteiger partial charge >= 0.3 is 0 Å². The van der Waals surface area contributed by atoms with Gasteiger partial charge in [-0.2, -0.15) is 5.10 Å². The predicted octanol–water partition coefficient (Wildman–Crippen LogP) is 4.38. The first-order valence-corrected chi connectivity index (χ1v) is 8.49. The molecule has 2 aromatic carbocycles. The standard InChI is InChI=1S/C16H13Cl2IN2O3/c1-23-14-6-9(5-13(19)15(14)24-2)8-20-21-16(22)11-4-3-10(17)7-12(11)18/h3-8H,1-2H3,(H,21,22)/b20-8-. The molecule has 0 unspecified atom stereocenters. The van der Waals surface area contributed by atoms with E-state index >= 15 is 0 Å². The molecule has 5 nitrogen and oxygen atoms in total. The molecule has 126 valence electrons. The maximum absolute atomic E-state index is 12.1. The van der Waals surface area contributed by atoms with Gasteiger partial charge < -0.3 is 9.47 Å². The Morgan fingerprint density at radius 3 is 2.58 bits per heavy atom. The van der Waals surface area contributed by atoms with Crippen molar-refractivity contribution in [2.24, 2.45) is 5.10 Å². The molecule has 0 spiro atoms. The Morgan fingerprint density at radius 1 is 1.21 bits per heavy atom. The molecule has 1 N–H and O–H groups in total. The van der Waals surface area contributed by atoms with Crippen molar-refractivity contribution in [2.45, 2.75) is 0 Å². The maximum atomic E-state index is 12.1. The van der Waals surface area contributed by atoms with Gasteiger partial charge in [0.1, 0.15) is 0 Å². The molecule has 0 saturated carbocycles. The Labute approximate surface area is 163 Å². The summed E-state index contributed by atoms with van der Waals surface area (Å²) in [6.45, 7) is 0. The van der Waals surface area contributed by atoms with Crippen LogP contribution in [0.5, 0.6) is 11.5 Å². The third-order valence-electron chi connectivity index (χ3n) is 3.01. The van der Waals surface area contributed by atoms with Crippen LogP contribution >= 0.6 is 45.8 Å². The molecule has 0 aliphatic carbocycles. The summed E-state index contributed by atoms with van der Waals surface area (Å²) in [6, 6.07) is 8.23. The van der Waals surface area contributed by atoms with Crippen molar-refractivity contribution in [1.29, 1.82) is 0 Å². The Kier molecular flexibility index (Phi) is 6.70. The zero-order valence-electron chi connectivity index (χ0n) is 12.8. The molecule has 2 rings (SSSR count). The summed E-state index contributed by atoms with van der Waals surface area (Å²) < 4.78 is 11.4. The molecule has 2 aromatic rings. The van der Waals surface area contributed by atoms with E-state index in [1.165, 1.54) is 18.3 Å². The van der Waals surface area contributed by atoms with Crippen molar-refractivity contribution in [3.8, 4) is 11.5 Å². The monoisotopic (exact) mass is 478 g/mol. The highest BCUT2D eigenvalue weighted by atomic mass is 127. The van der Waals surface area contributed by atoms with E-state index in [4.69, 9.17) is 32.7 Å². The van der Waals surface area contributed by atoms with Gasteiger partial charge in [0.2, 0.25) is 0 Å². The van der Waals surface area contributed by atoms with Gasteiger partial charge in [0.25, 0.3) is 5.91 Å². The number of carbonyl (C=O) groups excluding carboxylic acids is 1. The number of rotatable bonds is 5. The Morgan fingerprint density at radius 2 is 1.96 bits per heavy atom. The Hall–Kier alpha value is -1.51. The summed E-state index contributed by atoms with van der Waals surface area (Å²) in [7, 11) is 3.13. The molecule has 0 saturated heterocycles. The highest BCUT2D eigenvalue weighted by Crippen LogP contribution is 2.33.